The molecule has 2 heterocycles. The zero-order valence-electron chi connectivity index (χ0n) is 17.4. The fraction of sp³-hybridized carbons (Fsp3) is 0.0769. The predicted octanol–water partition coefficient (Wildman–Crippen LogP) is 5.74. The van der Waals surface area contributed by atoms with Gasteiger partial charge in [0.15, 0.2) is 0 Å². The molecular formula is C26H18O6. The monoisotopic (exact) mass is 426 g/mol. The molecule has 0 saturated carbocycles. The highest BCUT2D eigenvalue weighted by molar-refractivity contribution is 5.94. The molecule has 158 valence electrons. The third-order valence-electron chi connectivity index (χ3n) is 5.35. The Bertz CT molecular complexity index is 1490. The molecule has 5 aromatic rings. The molecule has 3 aromatic carbocycles. The van der Waals surface area contributed by atoms with Crippen LogP contribution in [0.1, 0.15) is 16.1 Å². The van der Waals surface area contributed by atoms with Gasteiger partial charge in [0.05, 0.1) is 12.7 Å². The number of hydrogen-bond acceptors (Lipinski definition) is 6. The van der Waals surface area contributed by atoms with Crippen molar-refractivity contribution in [1.29, 1.82) is 0 Å². The maximum atomic E-state index is 12.6. The Morgan fingerprint density at radius 2 is 1.59 bits per heavy atom. The van der Waals surface area contributed by atoms with Crippen LogP contribution in [0.4, 0.5) is 0 Å². The summed E-state index contributed by atoms with van der Waals surface area (Å²) in [6, 6.07) is 21.0. The fourth-order valence-corrected chi connectivity index (χ4v) is 3.73. The maximum Gasteiger partial charge on any atom is 0.379 e. The van der Waals surface area contributed by atoms with E-state index >= 15 is 0 Å². The summed E-state index contributed by atoms with van der Waals surface area (Å²) >= 11 is 0. The number of benzene rings is 3. The Balaban J connectivity index is 1.52. The Hall–Kier alpha value is -4.32. The Labute approximate surface area is 182 Å². The van der Waals surface area contributed by atoms with Crippen molar-refractivity contribution in [3.63, 3.8) is 0 Å². The topological polar surface area (TPSA) is 78.9 Å². The van der Waals surface area contributed by atoms with E-state index in [0.29, 0.717) is 39.2 Å². The van der Waals surface area contributed by atoms with E-state index in [9.17, 15) is 9.59 Å². The molecule has 2 aromatic heterocycles. The van der Waals surface area contributed by atoms with Crippen LogP contribution in [0.3, 0.4) is 0 Å². The molecule has 5 rings (SSSR count). The number of carbonyl (C=O) groups is 1. The van der Waals surface area contributed by atoms with E-state index in [4.69, 9.17) is 18.3 Å². The smallest absolute Gasteiger partial charge is 0.379 e. The second-order valence-electron chi connectivity index (χ2n) is 7.31. The summed E-state index contributed by atoms with van der Waals surface area (Å²) in [7, 11) is 1.58. The maximum absolute atomic E-state index is 12.6. The molecule has 0 atom stereocenters. The number of hydrogen-bond donors (Lipinski definition) is 0. The minimum Gasteiger partial charge on any atom is -0.497 e. The molecule has 0 fully saturated rings. The number of ether oxygens (including phenoxy) is 2. The summed E-state index contributed by atoms with van der Waals surface area (Å²) in [5.74, 6) is 0.518. The standard InChI is InChI=1S/C26H18O6/c1-15-20-14-19(30-25(27)23-13-17-5-3-4-6-21(17)31-23)11-12-22(20)32-26(28)24(15)16-7-9-18(29-2)10-8-16/h3-14H,1-2H3. The molecule has 0 aliphatic heterocycles. The average molecular weight is 426 g/mol. The van der Waals surface area contributed by atoms with Gasteiger partial charge >= 0.3 is 11.6 Å². The minimum absolute atomic E-state index is 0.113. The van der Waals surface area contributed by atoms with Crippen molar-refractivity contribution in [2.24, 2.45) is 0 Å². The first-order valence-electron chi connectivity index (χ1n) is 9.96. The van der Waals surface area contributed by atoms with Gasteiger partial charge < -0.3 is 18.3 Å². The fourth-order valence-electron chi connectivity index (χ4n) is 3.73. The van der Waals surface area contributed by atoms with E-state index in [1.54, 1.807) is 61.7 Å². The number of esters is 1. The van der Waals surface area contributed by atoms with Crippen molar-refractivity contribution in [3.05, 3.63) is 94.5 Å². The molecule has 0 N–H and O–H groups in total. The molecule has 0 aliphatic rings. The summed E-state index contributed by atoms with van der Waals surface area (Å²) in [5.41, 5.74) is 2.47. The highest BCUT2D eigenvalue weighted by Gasteiger charge is 2.17. The summed E-state index contributed by atoms with van der Waals surface area (Å²) < 4.78 is 21.8. The highest BCUT2D eigenvalue weighted by Crippen LogP contribution is 2.30. The second-order valence-corrected chi connectivity index (χ2v) is 7.31. The first-order valence-corrected chi connectivity index (χ1v) is 9.96. The zero-order chi connectivity index (χ0) is 22.2. The van der Waals surface area contributed by atoms with Crippen LogP contribution in [-0.2, 0) is 0 Å². The lowest BCUT2D eigenvalue weighted by atomic mass is 9.99. The average Bonchev–Trinajstić information content (AvgIpc) is 3.25. The van der Waals surface area contributed by atoms with E-state index in [-0.39, 0.29) is 5.76 Å². The number of fused-ring (bicyclic) bond motifs is 2. The van der Waals surface area contributed by atoms with Gasteiger partial charge in [-0.05, 0) is 60.5 Å². The Morgan fingerprint density at radius 3 is 2.34 bits per heavy atom. The van der Waals surface area contributed by atoms with Crippen LogP contribution in [0.5, 0.6) is 11.5 Å². The normalized spacial score (nSPS) is 11.1. The quantitative estimate of drug-likeness (QED) is 0.207. The predicted molar refractivity (Wildman–Crippen MR) is 120 cm³/mol. The zero-order valence-corrected chi connectivity index (χ0v) is 17.4. The Kier molecular flexibility index (Phi) is 4.75. The second kappa shape index (κ2) is 7.74. The van der Waals surface area contributed by atoms with Gasteiger partial charge in [0.2, 0.25) is 5.76 Å². The van der Waals surface area contributed by atoms with Gasteiger partial charge in [-0.3, -0.25) is 0 Å². The SMILES string of the molecule is COc1ccc(-c2c(C)c3cc(OC(=O)c4cc5ccccc5o4)ccc3oc2=O)cc1. The number of carbonyl (C=O) groups excluding carboxylic acids is 1. The number of furan rings is 1. The Morgan fingerprint density at radius 1 is 0.844 bits per heavy atom. The van der Waals surface area contributed by atoms with Gasteiger partial charge in [0, 0.05) is 10.8 Å². The molecule has 6 nitrogen and oxygen atoms in total. The molecule has 0 radical (unpaired) electrons. The molecule has 0 unspecified atom stereocenters. The van der Waals surface area contributed by atoms with E-state index < -0.39 is 11.6 Å². The van der Waals surface area contributed by atoms with Gasteiger partial charge in [-0.1, -0.05) is 30.3 Å². The lowest BCUT2D eigenvalue weighted by Gasteiger charge is -2.10. The highest BCUT2D eigenvalue weighted by atomic mass is 16.5. The van der Waals surface area contributed by atoms with Crippen LogP contribution < -0.4 is 15.1 Å². The first kappa shape index (κ1) is 19.6. The van der Waals surface area contributed by atoms with E-state index in [1.165, 1.54) is 0 Å². The number of para-hydroxylation sites is 1. The number of rotatable bonds is 4. The molecule has 0 spiro atoms. The van der Waals surface area contributed by atoms with Crippen molar-refractivity contribution in [1.82, 2.24) is 0 Å². The van der Waals surface area contributed by atoms with E-state index in [1.807, 2.05) is 25.1 Å². The van der Waals surface area contributed by atoms with Gasteiger partial charge in [0.25, 0.3) is 0 Å². The number of aryl methyl sites for hydroxylation is 1. The van der Waals surface area contributed by atoms with Crippen LogP contribution in [0, 0.1) is 6.92 Å². The van der Waals surface area contributed by atoms with Gasteiger partial charge in [-0.15, -0.1) is 0 Å². The minimum atomic E-state index is -0.606. The molecule has 0 amide bonds. The van der Waals surface area contributed by atoms with Gasteiger partial charge in [-0.25, -0.2) is 9.59 Å². The van der Waals surface area contributed by atoms with Crippen LogP contribution >= 0.6 is 0 Å². The largest absolute Gasteiger partial charge is 0.497 e. The molecule has 32 heavy (non-hydrogen) atoms. The van der Waals surface area contributed by atoms with Crippen LogP contribution in [0.15, 0.2) is 86.4 Å². The summed E-state index contributed by atoms with van der Waals surface area (Å²) in [4.78, 5) is 25.3. The lowest BCUT2D eigenvalue weighted by molar-refractivity contribution is 0.0704. The number of methoxy groups -OCH3 is 1. The van der Waals surface area contributed by atoms with Crippen LogP contribution in [-0.4, -0.2) is 13.1 Å². The summed E-state index contributed by atoms with van der Waals surface area (Å²) in [6.45, 7) is 1.84. The van der Waals surface area contributed by atoms with Crippen molar-refractivity contribution >= 4 is 27.9 Å². The van der Waals surface area contributed by atoms with E-state index in [0.717, 1.165) is 10.9 Å². The molecule has 0 bridgehead atoms. The van der Waals surface area contributed by atoms with Crippen molar-refractivity contribution in [2.75, 3.05) is 7.11 Å². The molecular weight excluding hydrogens is 408 g/mol. The molecule has 0 saturated heterocycles. The van der Waals surface area contributed by atoms with Crippen molar-refractivity contribution in [3.8, 4) is 22.6 Å². The molecule has 6 heteroatoms. The third kappa shape index (κ3) is 3.41. The van der Waals surface area contributed by atoms with Crippen molar-refractivity contribution < 1.29 is 23.1 Å². The first-order chi connectivity index (χ1) is 15.5. The summed E-state index contributed by atoms with van der Waals surface area (Å²) in [5, 5.41) is 1.49. The third-order valence-corrected chi connectivity index (χ3v) is 5.35. The van der Waals surface area contributed by atoms with Gasteiger partial charge in [0.1, 0.15) is 22.7 Å². The van der Waals surface area contributed by atoms with Crippen LogP contribution in [0.2, 0.25) is 0 Å². The van der Waals surface area contributed by atoms with Gasteiger partial charge in [-0.2, -0.15) is 0 Å². The van der Waals surface area contributed by atoms with Crippen LogP contribution in [0.25, 0.3) is 33.1 Å². The summed E-state index contributed by atoms with van der Waals surface area (Å²) in [6.07, 6.45) is 0. The molecule has 0 aliphatic carbocycles. The van der Waals surface area contributed by atoms with E-state index in [2.05, 4.69) is 0 Å². The van der Waals surface area contributed by atoms with Crippen molar-refractivity contribution in [2.45, 2.75) is 6.92 Å². The lowest BCUT2D eigenvalue weighted by Crippen LogP contribution is -2.08.